The number of thiazole rings is 1. The molecule has 0 aliphatic carbocycles. The molecule has 24 heavy (non-hydrogen) atoms. The van der Waals surface area contributed by atoms with E-state index in [0.717, 1.165) is 56.2 Å². The molecule has 1 N–H and O–H groups in total. The number of nitrogens with zero attached hydrogens (tertiary/aromatic N) is 4. The summed E-state index contributed by atoms with van der Waals surface area (Å²) in [6.07, 6.45) is 4.74. The molecule has 6 nitrogen and oxygen atoms in total. The molecule has 2 saturated heterocycles. The summed E-state index contributed by atoms with van der Waals surface area (Å²) in [7, 11) is 2.22. The predicted octanol–water partition coefficient (Wildman–Crippen LogP) is 1.49. The van der Waals surface area contributed by atoms with Crippen LogP contribution in [0.5, 0.6) is 0 Å². The molecule has 0 saturated carbocycles. The Balaban J connectivity index is 1.55. The fraction of sp³-hybridized carbons (Fsp3) is 0.647. The number of amides is 1. The van der Waals surface area contributed by atoms with Crippen molar-refractivity contribution in [2.75, 3.05) is 33.2 Å². The smallest absolute Gasteiger partial charge is 0.220 e. The number of piperazine rings is 1. The summed E-state index contributed by atoms with van der Waals surface area (Å²) < 4.78 is 2.23. The summed E-state index contributed by atoms with van der Waals surface area (Å²) in [5.74, 6) is 0.198. The van der Waals surface area contributed by atoms with E-state index in [1.54, 1.807) is 11.3 Å². The summed E-state index contributed by atoms with van der Waals surface area (Å²) in [6.45, 7) is 6.97. The van der Waals surface area contributed by atoms with Gasteiger partial charge in [0.1, 0.15) is 0 Å². The van der Waals surface area contributed by atoms with Crippen LogP contribution in [0.3, 0.4) is 0 Å². The van der Waals surface area contributed by atoms with Crippen LogP contribution in [0.25, 0.3) is 4.96 Å². The molecule has 2 aromatic heterocycles. The van der Waals surface area contributed by atoms with Gasteiger partial charge in [-0.15, -0.1) is 11.3 Å². The Morgan fingerprint density at radius 1 is 1.38 bits per heavy atom. The number of carbonyl (C=O) groups excluding carboxylic acids is 1. The van der Waals surface area contributed by atoms with Crippen molar-refractivity contribution in [1.82, 2.24) is 24.5 Å². The van der Waals surface area contributed by atoms with E-state index in [9.17, 15) is 4.79 Å². The van der Waals surface area contributed by atoms with Crippen molar-refractivity contribution < 1.29 is 4.79 Å². The minimum atomic E-state index is 0.115. The minimum Gasteiger partial charge on any atom is -0.356 e. The lowest BCUT2D eigenvalue weighted by Crippen LogP contribution is -2.60. The van der Waals surface area contributed by atoms with E-state index in [4.69, 9.17) is 0 Å². The van der Waals surface area contributed by atoms with E-state index in [2.05, 4.69) is 50.0 Å². The quantitative estimate of drug-likeness (QED) is 0.894. The Morgan fingerprint density at radius 3 is 3.12 bits per heavy atom. The molecule has 1 atom stereocenters. The molecule has 2 aliphatic heterocycles. The third-order valence-corrected chi connectivity index (χ3v) is 6.50. The SMILES string of the molecule is Cc1nc2sccn2c1CN1CCN(C)[C@]2(CCNC(=O)CC2)C1. The highest BCUT2D eigenvalue weighted by Crippen LogP contribution is 2.31. The standard InChI is InChI=1S/C17H25N5OS/c1-13-14(22-9-10-24-16(22)19-13)11-21-8-7-20(2)17(12-21)4-3-15(23)18-6-5-17/h9-10H,3-8,11-12H2,1-2H3,(H,18,23)/t17-/m1/s1. The number of aromatic nitrogens is 2. The van der Waals surface area contributed by atoms with E-state index in [0.29, 0.717) is 6.42 Å². The van der Waals surface area contributed by atoms with E-state index in [1.165, 1.54) is 5.69 Å². The normalized spacial score (nSPS) is 26.8. The molecular weight excluding hydrogens is 322 g/mol. The van der Waals surface area contributed by atoms with Gasteiger partial charge < -0.3 is 5.32 Å². The predicted molar refractivity (Wildman–Crippen MR) is 95.3 cm³/mol. The van der Waals surface area contributed by atoms with Crippen LogP contribution in [0.2, 0.25) is 0 Å². The largest absolute Gasteiger partial charge is 0.356 e. The third kappa shape index (κ3) is 2.74. The molecule has 0 bridgehead atoms. The number of hydrogen-bond donors (Lipinski definition) is 1. The number of rotatable bonds is 2. The third-order valence-electron chi connectivity index (χ3n) is 5.74. The van der Waals surface area contributed by atoms with Crippen LogP contribution in [0.1, 0.15) is 30.7 Å². The average molecular weight is 347 g/mol. The van der Waals surface area contributed by atoms with Crippen LogP contribution in [-0.4, -0.2) is 63.9 Å². The van der Waals surface area contributed by atoms with Crippen molar-refractivity contribution in [1.29, 1.82) is 0 Å². The zero-order valence-electron chi connectivity index (χ0n) is 14.4. The van der Waals surface area contributed by atoms with E-state index in [1.807, 2.05) is 0 Å². The second-order valence-electron chi connectivity index (χ2n) is 7.16. The number of likely N-dealkylation sites (N-methyl/N-ethyl adjacent to an activating group) is 1. The van der Waals surface area contributed by atoms with Crippen LogP contribution in [0, 0.1) is 6.92 Å². The maximum absolute atomic E-state index is 11.8. The fourth-order valence-corrected chi connectivity index (χ4v) is 4.94. The monoisotopic (exact) mass is 347 g/mol. The van der Waals surface area contributed by atoms with Gasteiger partial charge in [-0.25, -0.2) is 4.98 Å². The second-order valence-corrected chi connectivity index (χ2v) is 8.03. The first-order chi connectivity index (χ1) is 11.6. The molecule has 4 heterocycles. The van der Waals surface area contributed by atoms with E-state index < -0.39 is 0 Å². The Labute approximate surface area is 146 Å². The summed E-state index contributed by atoms with van der Waals surface area (Å²) >= 11 is 1.69. The van der Waals surface area contributed by atoms with Crippen molar-refractivity contribution >= 4 is 22.2 Å². The average Bonchev–Trinajstić information content (AvgIpc) is 3.05. The molecule has 0 aromatic carbocycles. The molecule has 2 aliphatic rings. The maximum Gasteiger partial charge on any atom is 0.220 e. The first kappa shape index (κ1) is 16.1. The van der Waals surface area contributed by atoms with Gasteiger partial charge in [0, 0.05) is 56.3 Å². The second kappa shape index (κ2) is 6.13. The van der Waals surface area contributed by atoms with Crippen LogP contribution >= 0.6 is 11.3 Å². The van der Waals surface area contributed by atoms with Gasteiger partial charge in [-0.2, -0.15) is 0 Å². The van der Waals surface area contributed by atoms with Crippen LogP contribution in [0.4, 0.5) is 0 Å². The molecule has 130 valence electrons. The summed E-state index contributed by atoms with van der Waals surface area (Å²) in [4.78, 5) is 22.5. The lowest BCUT2D eigenvalue weighted by Gasteiger charge is -2.49. The molecule has 0 unspecified atom stereocenters. The molecule has 2 fully saturated rings. The Hall–Kier alpha value is -1.44. The van der Waals surface area contributed by atoms with Gasteiger partial charge in [-0.3, -0.25) is 19.0 Å². The van der Waals surface area contributed by atoms with E-state index in [-0.39, 0.29) is 11.4 Å². The molecule has 2 aromatic rings. The van der Waals surface area contributed by atoms with Gasteiger partial charge >= 0.3 is 0 Å². The maximum atomic E-state index is 11.8. The number of nitrogens with one attached hydrogen (secondary N) is 1. The number of imidazole rings is 1. The molecule has 4 rings (SSSR count). The van der Waals surface area contributed by atoms with Crippen LogP contribution < -0.4 is 5.32 Å². The van der Waals surface area contributed by atoms with Crippen LogP contribution in [0.15, 0.2) is 11.6 Å². The van der Waals surface area contributed by atoms with Gasteiger partial charge in [0.15, 0.2) is 4.96 Å². The highest BCUT2D eigenvalue weighted by molar-refractivity contribution is 7.15. The molecule has 1 spiro atoms. The first-order valence-corrected chi connectivity index (χ1v) is 9.57. The Bertz CT molecular complexity index is 753. The number of hydrogen-bond acceptors (Lipinski definition) is 5. The lowest BCUT2D eigenvalue weighted by molar-refractivity contribution is -0.121. The van der Waals surface area contributed by atoms with Crippen molar-refractivity contribution in [2.24, 2.45) is 0 Å². The van der Waals surface area contributed by atoms with Crippen molar-refractivity contribution in [3.63, 3.8) is 0 Å². The summed E-state index contributed by atoms with van der Waals surface area (Å²) in [5.41, 5.74) is 2.55. The highest BCUT2D eigenvalue weighted by Gasteiger charge is 2.41. The highest BCUT2D eigenvalue weighted by atomic mass is 32.1. The zero-order valence-corrected chi connectivity index (χ0v) is 15.2. The number of fused-ring (bicyclic) bond motifs is 1. The number of carbonyl (C=O) groups is 1. The fourth-order valence-electron chi connectivity index (χ4n) is 4.16. The van der Waals surface area contributed by atoms with Gasteiger partial charge in [0.05, 0.1) is 11.4 Å². The first-order valence-electron chi connectivity index (χ1n) is 8.69. The lowest BCUT2D eigenvalue weighted by atomic mass is 9.86. The van der Waals surface area contributed by atoms with E-state index >= 15 is 0 Å². The van der Waals surface area contributed by atoms with Crippen molar-refractivity contribution in [3.05, 3.63) is 23.0 Å². The van der Waals surface area contributed by atoms with Gasteiger partial charge in [0.25, 0.3) is 0 Å². The Kier molecular flexibility index (Phi) is 4.10. The Morgan fingerprint density at radius 2 is 2.25 bits per heavy atom. The topological polar surface area (TPSA) is 52.9 Å². The minimum absolute atomic E-state index is 0.115. The van der Waals surface area contributed by atoms with Crippen molar-refractivity contribution in [2.45, 2.75) is 38.3 Å². The van der Waals surface area contributed by atoms with Crippen LogP contribution in [-0.2, 0) is 11.3 Å². The van der Waals surface area contributed by atoms with Gasteiger partial charge in [-0.1, -0.05) is 0 Å². The molecule has 1 amide bonds. The van der Waals surface area contributed by atoms with Gasteiger partial charge in [-0.05, 0) is 26.8 Å². The molecular formula is C17H25N5OS. The summed E-state index contributed by atoms with van der Waals surface area (Å²) in [6, 6.07) is 0. The van der Waals surface area contributed by atoms with Gasteiger partial charge in [0.2, 0.25) is 5.91 Å². The molecule has 7 heteroatoms. The molecule has 0 radical (unpaired) electrons. The zero-order chi connectivity index (χ0) is 16.7. The number of aryl methyl sites for hydroxylation is 1. The summed E-state index contributed by atoms with van der Waals surface area (Å²) in [5, 5.41) is 5.13. The van der Waals surface area contributed by atoms with Crippen molar-refractivity contribution in [3.8, 4) is 0 Å².